The summed E-state index contributed by atoms with van der Waals surface area (Å²) in [5.74, 6) is -2.27. The summed E-state index contributed by atoms with van der Waals surface area (Å²) in [7, 11) is 0. The summed E-state index contributed by atoms with van der Waals surface area (Å²) in [6.45, 7) is 6.49. The Hall–Kier alpha value is -7.34. The first kappa shape index (κ1) is 51.0. The van der Waals surface area contributed by atoms with Crippen molar-refractivity contribution < 1.29 is 52.5 Å². The van der Waals surface area contributed by atoms with E-state index in [1.54, 1.807) is 40.3 Å². The number of carbonyl (C=O) groups is 6. The molecule has 19 heteroatoms. The average molecular weight is 983 g/mol. The molecule has 6 amide bonds. The molecule has 0 saturated carbocycles. The molecule has 5 aromatic rings. The van der Waals surface area contributed by atoms with Crippen LogP contribution in [0.1, 0.15) is 61.5 Å². The molecule has 376 valence electrons. The van der Waals surface area contributed by atoms with Gasteiger partial charge in [0.25, 0.3) is 17.7 Å². The van der Waals surface area contributed by atoms with Crippen LogP contribution in [0.15, 0.2) is 85.1 Å². The number of imide groups is 2. The highest BCUT2D eigenvalue weighted by Crippen LogP contribution is 2.32. The van der Waals surface area contributed by atoms with E-state index in [0.717, 1.165) is 44.2 Å². The van der Waals surface area contributed by atoms with Crippen molar-refractivity contribution >= 4 is 68.5 Å². The Balaban J connectivity index is 0.611. The SMILES string of the molecule is N#Cc1ccc2nccc(NCCc3ccc4cc(C(=O)N5CCN(C(=O)CCOCCOCCOCCOCCOCCNc6cccc7c6C(=O)N(C6CCC(=O)NC6=O)C7=O)CC5)ccc4c3)c2c1. The molecule has 3 N–H and O–H groups in total. The van der Waals surface area contributed by atoms with Crippen LogP contribution in [0.5, 0.6) is 0 Å². The Bertz CT molecular complexity index is 2830. The first-order chi connectivity index (χ1) is 35.2. The zero-order valence-electron chi connectivity index (χ0n) is 40.0. The molecule has 8 rings (SSSR count). The van der Waals surface area contributed by atoms with E-state index in [-0.39, 0.29) is 48.8 Å². The average Bonchev–Trinajstić information content (AvgIpc) is 3.66. The van der Waals surface area contributed by atoms with Crippen molar-refractivity contribution in [3.63, 3.8) is 0 Å². The van der Waals surface area contributed by atoms with Gasteiger partial charge in [0.1, 0.15) is 6.04 Å². The minimum Gasteiger partial charge on any atom is -0.384 e. The van der Waals surface area contributed by atoms with Gasteiger partial charge in [-0.25, -0.2) is 0 Å². The first-order valence-corrected chi connectivity index (χ1v) is 24.3. The number of piperidine rings is 1. The van der Waals surface area contributed by atoms with Crippen molar-refractivity contribution in [2.75, 3.05) is 116 Å². The number of nitrogens with one attached hydrogen (secondary N) is 3. The van der Waals surface area contributed by atoms with E-state index in [4.69, 9.17) is 23.7 Å². The van der Waals surface area contributed by atoms with Crippen LogP contribution in [-0.4, -0.2) is 167 Å². The number of nitriles is 1. The predicted octanol–water partition coefficient (Wildman–Crippen LogP) is 4.19. The van der Waals surface area contributed by atoms with Crippen molar-refractivity contribution in [2.24, 2.45) is 0 Å². The number of fused-ring (bicyclic) bond motifs is 3. The Labute approximate surface area is 416 Å². The molecule has 3 aliphatic heterocycles. The van der Waals surface area contributed by atoms with Gasteiger partial charge in [-0.05, 0) is 77.7 Å². The number of hydrogen-bond donors (Lipinski definition) is 3. The Morgan fingerprint density at radius 1 is 0.694 bits per heavy atom. The number of hydrogen-bond acceptors (Lipinski definition) is 15. The van der Waals surface area contributed by atoms with Gasteiger partial charge in [0.2, 0.25) is 17.7 Å². The Morgan fingerprint density at radius 2 is 1.36 bits per heavy atom. The molecular formula is C53H58N8O11. The molecule has 72 heavy (non-hydrogen) atoms. The topological polar surface area (TPSA) is 231 Å². The van der Waals surface area contributed by atoms with Crippen molar-refractivity contribution in [3.8, 4) is 6.07 Å². The van der Waals surface area contributed by atoms with Gasteiger partial charge in [0, 0.05) is 74.2 Å². The molecule has 3 aliphatic rings. The summed E-state index contributed by atoms with van der Waals surface area (Å²) in [5, 5.41) is 21.1. The molecule has 1 unspecified atom stereocenters. The molecule has 2 fully saturated rings. The summed E-state index contributed by atoms with van der Waals surface area (Å²) in [6.07, 6.45) is 2.95. The number of ether oxygens (including phenoxy) is 5. The largest absolute Gasteiger partial charge is 0.384 e. The molecule has 1 aromatic heterocycles. The number of rotatable bonds is 25. The zero-order chi connectivity index (χ0) is 50.2. The molecule has 0 aliphatic carbocycles. The van der Waals surface area contributed by atoms with Crippen LogP contribution in [0, 0.1) is 11.3 Å². The van der Waals surface area contributed by atoms with E-state index in [2.05, 4.69) is 39.1 Å². The normalized spacial score (nSPS) is 15.8. The molecular weight excluding hydrogens is 925 g/mol. The first-order valence-electron chi connectivity index (χ1n) is 24.3. The van der Waals surface area contributed by atoms with Gasteiger partial charge in [-0.1, -0.05) is 30.3 Å². The molecule has 19 nitrogen and oxygen atoms in total. The Kier molecular flexibility index (Phi) is 17.8. The number of aromatic nitrogens is 1. The summed E-state index contributed by atoms with van der Waals surface area (Å²) in [4.78, 5) is 85.4. The highest BCUT2D eigenvalue weighted by Gasteiger charge is 2.45. The van der Waals surface area contributed by atoms with Gasteiger partial charge < -0.3 is 44.1 Å². The molecule has 0 bridgehead atoms. The van der Waals surface area contributed by atoms with Crippen LogP contribution < -0.4 is 16.0 Å². The fourth-order valence-corrected chi connectivity index (χ4v) is 8.86. The minimum atomic E-state index is -1.03. The second kappa shape index (κ2) is 25.2. The van der Waals surface area contributed by atoms with Crippen LogP contribution >= 0.6 is 0 Å². The van der Waals surface area contributed by atoms with E-state index >= 15 is 0 Å². The van der Waals surface area contributed by atoms with Crippen LogP contribution in [0.25, 0.3) is 21.7 Å². The van der Waals surface area contributed by atoms with E-state index in [0.29, 0.717) is 116 Å². The van der Waals surface area contributed by atoms with Gasteiger partial charge in [0.15, 0.2) is 0 Å². The molecule has 2 saturated heterocycles. The quantitative estimate of drug-likeness (QED) is 0.0550. The van der Waals surface area contributed by atoms with E-state index < -0.39 is 29.7 Å². The molecule has 0 spiro atoms. The molecule has 0 radical (unpaired) electrons. The maximum atomic E-state index is 13.5. The summed E-state index contributed by atoms with van der Waals surface area (Å²) < 4.78 is 27.9. The lowest BCUT2D eigenvalue weighted by atomic mass is 10.0. The lowest BCUT2D eigenvalue weighted by Gasteiger charge is -2.35. The van der Waals surface area contributed by atoms with Crippen molar-refractivity contribution in [3.05, 3.63) is 113 Å². The minimum absolute atomic E-state index is 0.00629. The number of anilines is 2. The van der Waals surface area contributed by atoms with Crippen LogP contribution in [0.2, 0.25) is 0 Å². The highest BCUT2D eigenvalue weighted by atomic mass is 16.6. The highest BCUT2D eigenvalue weighted by molar-refractivity contribution is 6.25. The number of pyridine rings is 1. The Morgan fingerprint density at radius 3 is 2.08 bits per heavy atom. The van der Waals surface area contributed by atoms with Crippen LogP contribution in [0.3, 0.4) is 0 Å². The second-order valence-corrected chi connectivity index (χ2v) is 17.4. The van der Waals surface area contributed by atoms with Gasteiger partial charge in [-0.3, -0.25) is 44.0 Å². The van der Waals surface area contributed by atoms with E-state index in [9.17, 15) is 34.0 Å². The lowest BCUT2D eigenvalue weighted by molar-refractivity contribution is -0.136. The van der Waals surface area contributed by atoms with E-state index in [1.165, 1.54) is 0 Å². The van der Waals surface area contributed by atoms with Gasteiger partial charge in [0.05, 0.1) is 101 Å². The predicted molar refractivity (Wildman–Crippen MR) is 265 cm³/mol. The maximum Gasteiger partial charge on any atom is 0.264 e. The summed E-state index contributed by atoms with van der Waals surface area (Å²) >= 11 is 0. The second-order valence-electron chi connectivity index (χ2n) is 17.4. The molecule has 4 heterocycles. The monoisotopic (exact) mass is 982 g/mol. The van der Waals surface area contributed by atoms with Crippen LogP contribution in [0.4, 0.5) is 11.4 Å². The fourth-order valence-electron chi connectivity index (χ4n) is 8.86. The van der Waals surface area contributed by atoms with Gasteiger partial charge >= 0.3 is 0 Å². The summed E-state index contributed by atoms with van der Waals surface area (Å²) in [6, 6.07) is 25.5. The van der Waals surface area contributed by atoms with Crippen molar-refractivity contribution in [1.29, 1.82) is 5.26 Å². The maximum absolute atomic E-state index is 13.5. The molecule has 4 aromatic carbocycles. The van der Waals surface area contributed by atoms with Crippen molar-refractivity contribution in [1.82, 2.24) is 25.0 Å². The standard InChI is InChI=1S/C53H58N8O11/c54-35-37-5-9-43-42(33-37)44(13-16-56-43)55-15-12-36-4-6-39-34-40(8-7-38(39)32-36)51(65)60-20-18-59(19-21-60)48(63)14-22-68-24-26-70-28-30-72-31-29-71-27-25-69-23-17-57-45-3-1-2-41-49(45)53(67)61(52(41)66)46-10-11-47(62)58-50(46)64/h1-9,13,16,32-34,46,57H,10-12,14-15,17-31H2,(H,55,56)(H,58,62,64). The number of piperazine rings is 1. The summed E-state index contributed by atoms with van der Waals surface area (Å²) in [5.41, 5.74) is 5.02. The lowest BCUT2D eigenvalue weighted by Crippen LogP contribution is -2.54. The molecule has 1 atom stereocenters. The number of amides is 6. The zero-order valence-corrected chi connectivity index (χ0v) is 40.0. The smallest absolute Gasteiger partial charge is 0.264 e. The van der Waals surface area contributed by atoms with E-state index in [1.807, 2.05) is 42.5 Å². The third-order valence-electron chi connectivity index (χ3n) is 12.6. The fraction of sp³-hybridized carbons (Fsp3) is 0.396. The van der Waals surface area contributed by atoms with Gasteiger partial charge in [-0.15, -0.1) is 0 Å². The number of carbonyl (C=O) groups excluding carboxylic acids is 6. The van der Waals surface area contributed by atoms with Gasteiger partial charge in [-0.2, -0.15) is 5.26 Å². The third-order valence-corrected chi connectivity index (χ3v) is 12.6. The van der Waals surface area contributed by atoms with Crippen molar-refractivity contribution in [2.45, 2.75) is 31.7 Å². The number of nitrogens with zero attached hydrogens (tertiary/aromatic N) is 5. The van der Waals surface area contributed by atoms with Crippen LogP contribution in [-0.2, 0) is 44.5 Å². The third kappa shape index (κ3) is 12.9. The number of benzene rings is 4.